The van der Waals surface area contributed by atoms with E-state index in [1.807, 2.05) is 12.1 Å². The Hall–Kier alpha value is -1.10. The summed E-state index contributed by atoms with van der Waals surface area (Å²) in [5.74, 6) is 0.888. The van der Waals surface area contributed by atoms with Crippen molar-refractivity contribution >= 4 is 0 Å². The quantitative estimate of drug-likeness (QED) is 0.870. The minimum Gasteiger partial charge on any atom is -0.497 e. The van der Waals surface area contributed by atoms with Gasteiger partial charge in [0.25, 0.3) is 0 Å². The van der Waals surface area contributed by atoms with Gasteiger partial charge in [-0.25, -0.2) is 0 Å². The molecule has 4 heteroatoms. The molecule has 0 bridgehead atoms. The third kappa shape index (κ3) is 3.70. The van der Waals surface area contributed by atoms with Gasteiger partial charge in [-0.2, -0.15) is 0 Å². The third-order valence-corrected chi connectivity index (χ3v) is 3.24. The number of methoxy groups -OCH3 is 1. The first-order valence-electron chi connectivity index (χ1n) is 6.36. The van der Waals surface area contributed by atoms with Crippen molar-refractivity contribution in [1.29, 1.82) is 0 Å². The Morgan fingerprint density at radius 3 is 2.78 bits per heavy atom. The van der Waals surface area contributed by atoms with Crippen molar-refractivity contribution in [3.8, 4) is 5.75 Å². The van der Waals surface area contributed by atoms with Crippen molar-refractivity contribution in [2.24, 2.45) is 0 Å². The summed E-state index contributed by atoms with van der Waals surface area (Å²) in [6.07, 6.45) is 1.22. The van der Waals surface area contributed by atoms with Gasteiger partial charge in [-0.05, 0) is 31.0 Å². The molecular formula is C14H21NO3. The molecule has 1 aliphatic heterocycles. The van der Waals surface area contributed by atoms with Crippen LogP contribution in [0.25, 0.3) is 0 Å². The van der Waals surface area contributed by atoms with Crippen LogP contribution in [0, 0.1) is 0 Å². The van der Waals surface area contributed by atoms with Crippen LogP contribution in [-0.2, 0) is 9.47 Å². The molecule has 1 aromatic rings. The van der Waals surface area contributed by atoms with Crippen molar-refractivity contribution in [2.45, 2.75) is 25.5 Å². The summed E-state index contributed by atoms with van der Waals surface area (Å²) < 4.78 is 15.8. The molecule has 4 nitrogen and oxygen atoms in total. The zero-order valence-electron chi connectivity index (χ0n) is 11.0. The molecule has 18 heavy (non-hydrogen) atoms. The maximum atomic E-state index is 5.50. The molecule has 1 aromatic carbocycles. The summed E-state index contributed by atoms with van der Waals surface area (Å²) in [6.45, 7) is 4.23. The molecular weight excluding hydrogens is 230 g/mol. The lowest BCUT2D eigenvalue weighted by Gasteiger charge is -2.25. The van der Waals surface area contributed by atoms with E-state index < -0.39 is 0 Å². The summed E-state index contributed by atoms with van der Waals surface area (Å²) in [4.78, 5) is 0. The molecule has 0 saturated carbocycles. The highest BCUT2D eigenvalue weighted by molar-refractivity contribution is 5.28. The van der Waals surface area contributed by atoms with E-state index >= 15 is 0 Å². The minimum atomic E-state index is 0.263. The topological polar surface area (TPSA) is 39.7 Å². The van der Waals surface area contributed by atoms with Gasteiger partial charge in [-0.15, -0.1) is 0 Å². The first kappa shape index (κ1) is 13.3. The molecule has 0 aliphatic carbocycles. The fourth-order valence-electron chi connectivity index (χ4n) is 1.98. The molecule has 2 rings (SSSR count). The van der Waals surface area contributed by atoms with Gasteiger partial charge in [0, 0.05) is 12.6 Å². The first-order valence-corrected chi connectivity index (χ1v) is 6.36. The van der Waals surface area contributed by atoms with E-state index in [9.17, 15) is 0 Å². The molecule has 2 unspecified atom stereocenters. The van der Waals surface area contributed by atoms with Gasteiger partial charge in [0.1, 0.15) is 12.5 Å². The van der Waals surface area contributed by atoms with E-state index in [0.717, 1.165) is 25.3 Å². The Morgan fingerprint density at radius 1 is 1.39 bits per heavy atom. The van der Waals surface area contributed by atoms with E-state index in [2.05, 4.69) is 24.4 Å². The molecule has 1 saturated heterocycles. The molecule has 0 amide bonds. The number of hydrogen-bond donors (Lipinski definition) is 1. The van der Waals surface area contributed by atoms with E-state index in [1.54, 1.807) is 7.11 Å². The molecule has 2 atom stereocenters. The lowest BCUT2D eigenvalue weighted by atomic mass is 10.1. The highest BCUT2D eigenvalue weighted by Gasteiger charge is 2.15. The van der Waals surface area contributed by atoms with Crippen LogP contribution in [0.5, 0.6) is 5.75 Å². The van der Waals surface area contributed by atoms with Crippen molar-refractivity contribution in [1.82, 2.24) is 5.32 Å². The van der Waals surface area contributed by atoms with Crippen LogP contribution in [-0.4, -0.2) is 33.2 Å². The highest BCUT2D eigenvalue weighted by atomic mass is 16.7. The van der Waals surface area contributed by atoms with Gasteiger partial charge in [-0.1, -0.05) is 12.1 Å². The Morgan fingerprint density at radius 2 is 2.17 bits per heavy atom. The van der Waals surface area contributed by atoms with E-state index in [-0.39, 0.29) is 6.10 Å². The normalized spacial score (nSPS) is 21.6. The van der Waals surface area contributed by atoms with E-state index in [1.165, 1.54) is 5.56 Å². The number of ether oxygens (including phenoxy) is 3. The summed E-state index contributed by atoms with van der Waals surface area (Å²) in [7, 11) is 1.68. The summed E-state index contributed by atoms with van der Waals surface area (Å²) in [6, 6.07) is 8.45. The number of rotatable bonds is 5. The predicted molar refractivity (Wildman–Crippen MR) is 69.7 cm³/mol. The average molecular weight is 251 g/mol. The number of benzene rings is 1. The molecule has 1 heterocycles. The van der Waals surface area contributed by atoms with Crippen LogP contribution in [0.2, 0.25) is 0 Å². The SMILES string of the molecule is COc1ccc(C(C)NCC2CCOCO2)cc1. The fourth-order valence-corrected chi connectivity index (χ4v) is 1.98. The summed E-state index contributed by atoms with van der Waals surface area (Å²) >= 11 is 0. The molecule has 1 fully saturated rings. The fraction of sp³-hybridized carbons (Fsp3) is 0.571. The molecule has 1 aliphatic rings. The minimum absolute atomic E-state index is 0.263. The van der Waals surface area contributed by atoms with Gasteiger partial charge in [0.2, 0.25) is 0 Å². The van der Waals surface area contributed by atoms with Crippen LogP contribution >= 0.6 is 0 Å². The molecule has 0 spiro atoms. The standard InChI is InChI=1S/C14H21NO3/c1-11(12-3-5-13(16-2)6-4-12)15-9-14-7-8-17-10-18-14/h3-6,11,14-15H,7-10H2,1-2H3. The van der Waals surface area contributed by atoms with Crippen molar-refractivity contribution in [3.05, 3.63) is 29.8 Å². The number of hydrogen-bond acceptors (Lipinski definition) is 4. The molecule has 0 aromatic heterocycles. The van der Waals surface area contributed by atoms with Crippen molar-refractivity contribution in [2.75, 3.05) is 27.1 Å². The Labute approximate surface area is 108 Å². The zero-order chi connectivity index (χ0) is 12.8. The summed E-state index contributed by atoms with van der Waals surface area (Å²) in [5.41, 5.74) is 1.25. The van der Waals surface area contributed by atoms with Crippen LogP contribution in [0.15, 0.2) is 24.3 Å². The maximum absolute atomic E-state index is 5.50. The first-order chi connectivity index (χ1) is 8.79. The second-order valence-electron chi connectivity index (χ2n) is 4.51. The molecule has 100 valence electrons. The second-order valence-corrected chi connectivity index (χ2v) is 4.51. The smallest absolute Gasteiger partial charge is 0.147 e. The van der Waals surface area contributed by atoms with Gasteiger partial charge in [-0.3, -0.25) is 0 Å². The lowest BCUT2D eigenvalue weighted by molar-refractivity contribution is -0.137. The van der Waals surface area contributed by atoms with Crippen LogP contribution in [0.4, 0.5) is 0 Å². The zero-order valence-corrected chi connectivity index (χ0v) is 11.0. The van der Waals surface area contributed by atoms with Crippen molar-refractivity contribution < 1.29 is 14.2 Å². The second kappa shape index (κ2) is 6.73. The van der Waals surface area contributed by atoms with Crippen LogP contribution in [0.1, 0.15) is 24.9 Å². The predicted octanol–water partition coefficient (Wildman–Crippen LogP) is 2.11. The highest BCUT2D eigenvalue weighted by Crippen LogP contribution is 2.17. The maximum Gasteiger partial charge on any atom is 0.147 e. The Kier molecular flexibility index (Phi) is 4.99. The van der Waals surface area contributed by atoms with Crippen LogP contribution < -0.4 is 10.1 Å². The monoisotopic (exact) mass is 251 g/mol. The Bertz CT molecular complexity index is 347. The van der Waals surface area contributed by atoms with Crippen LogP contribution in [0.3, 0.4) is 0 Å². The Balaban J connectivity index is 1.80. The van der Waals surface area contributed by atoms with Gasteiger partial charge in [0.15, 0.2) is 0 Å². The van der Waals surface area contributed by atoms with Gasteiger partial charge < -0.3 is 19.5 Å². The third-order valence-electron chi connectivity index (χ3n) is 3.24. The van der Waals surface area contributed by atoms with E-state index in [4.69, 9.17) is 14.2 Å². The average Bonchev–Trinajstić information content (AvgIpc) is 2.46. The number of nitrogens with one attached hydrogen (secondary N) is 1. The largest absolute Gasteiger partial charge is 0.497 e. The van der Waals surface area contributed by atoms with E-state index in [0.29, 0.717) is 12.8 Å². The van der Waals surface area contributed by atoms with Gasteiger partial charge >= 0.3 is 0 Å². The van der Waals surface area contributed by atoms with Gasteiger partial charge in [0.05, 0.1) is 19.8 Å². The molecule has 1 N–H and O–H groups in total. The summed E-state index contributed by atoms with van der Waals surface area (Å²) in [5, 5.41) is 3.48. The lowest BCUT2D eigenvalue weighted by Crippen LogP contribution is -2.35. The van der Waals surface area contributed by atoms with Crippen molar-refractivity contribution in [3.63, 3.8) is 0 Å². The molecule has 0 radical (unpaired) electrons.